The molecule has 2 rings (SSSR count). The van der Waals surface area contributed by atoms with Crippen molar-refractivity contribution in [3.63, 3.8) is 0 Å². The topological polar surface area (TPSA) is 86.7 Å². The first-order valence-electron chi connectivity index (χ1n) is 5.35. The molecule has 0 saturated carbocycles. The molecule has 2 aromatic heterocycles. The van der Waals surface area contributed by atoms with Crippen molar-refractivity contribution in [2.45, 2.75) is 20.3 Å². The number of nitro groups is 1. The first-order valence-corrected chi connectivity index (χ1v) is 5.72. The normalized spacial score (nSPS) is 11.1. The van der Waals surface area contributed by atoms with Gasteiger partial charge in [-0.1, -0.05) is 11.6 Å². The summed E-state index contributed by atoms with van der Waals surface area (Å²) in [6.07, 6.45) is -3.11. The van der Waals surface area contributed by atoms with Crippen molar-refractivity contribution in [1.29, 1.82) is 0 Å². The molecule has 106 valence electrons. The van der Waals surface area contributed by atoms with Crippen molar-refractivity contribution in [3.05, 3.63) is 38.5 Å². The molecule has 0 aliphatic carbocycles. The molecule has 0 aliphatic rings. The van der Waals surface area contributed by atoms with E-state index in [2.05, 4.69) is 15.1 Å². The number of aryl methyl sites for hydroxylation is 2. The zero-order valence-electron chi connectivity index (χ0n) is 10.3. The Morgan fingerprint density at radius 3 is 2.50 bits per heavy atom. The maximum Gasteiger partial charge on any atom is 0.335 e. The number of rotatable bonds is 3. The van der Waals surface area contributed by atoms with Gasteiger partial charge in [-0.25, -0.2) is 18.7 Å². The van der Waals surface area contributed by atoms with Crippen LogP contribution in [0, 0.1) is 24.0 Å². The first-order chi connectivity index (χ1) is 9.31. The van der Waals surface area contributed by atoms with Crippen LogP contribution in [-0.4, -0.2) is 24.7 Å². The lowest BCUT2D eigenvalue weighted by Crippen LogP contribution is -2.04. The minimum atomic E-state index is -3.11. The Labute approximate surface area is 116 Å². The Morgan fingerprint density at radius 1 is 1.40 bits per heavy atom. The van der Waals surface area contributed by atoms with Gasteiger partial charge in [-0.05, 0) is 13.8 Å². The number of alkyl halides is 2. The molecule has 0 N–H and O–H groups in total. The van der Waals surface area contributed by atoms with E-state index in [4.69, 9.17) is 11.6 Å². The van der Waals surface area contributed by atoms with Gasteiger partial charge < -0.3 is 0 Å². The number of halogens is 3. The maximum absolute atomic E-state index is 12.8. The lowest BCUT2D eigenvalue weighted by Gasteiger charge is -2.03. The van der Waals surface area contributed by atoms with Gasteiger partial charge in [-0.3, -0.25) is 10.1 Å². The van der Waals surface area contributed by atoms with Crippen molar-refractivity contribution >= 4 is 17.3 Å². The largest absolute Gasteiger partial charge is 0.335 e. The summed E-state index contributed by atoms with van der Waals surface area (Å²) in [7, 11) is 0. The van der Waals surface area contributed by atoms with Gasteiger partial charge in [0.2, 0.25) is 10.8 Å². The standard InChI is InChI=1S/C10H8ClF2N5O2/c1-4-3-6(15-5(2)14-4)17-9(11)8(18(19)20)7(16-17)10(12)13/h3,10H,1-2H3. The second kappa shape index (κ2) is 5.08. The van der Waals surface area contributed by atoms with Crippen molar-refractivity contribution in [1.82, 2.24) is 19.7 Å². The lowest BCUT2D eigenvalue weighted by atomic mass is 10.4. The van der Waals surface area contributed by atoms with Crippen LogP contribution in [0.4, 0.5) is 14.5 Å². The van der Waals surface area contributed by atoms with Crippen LogP contribution < -0.4 is 0 Å². The average Bonchev–Trinajstić information content (AvgIpc) is 2.65. The Kier molecular flexibility index (Phi) is 3.62. The van der Waals surface area contributed by atoms with Crippen LogP contribution in [0.15, 0.2) is 6.07 Å². The molecule has 0 fully saturated rings. The van der Waals surface area contributed by atoms with Gasteiger partial charge in [-0.2, -0.15) is 9.78 Å². The van der Waals surface area contributed by atoms with Gasteiger partial charge in [0, 0.05) is 11.8 Å². The third-order valence-corrected chi connectivity index (χ3v) is 2.73. The molecule has 0 aromatic carbocycles. The molecule has 0 bridgehead atoms. The molecule has 0 amide bonds. The summed E-state index contributed by atoms with van der Waals surface area (Å²) < 4.78 is 26.4. The van der Waals surface area contributed by atoms with Gasteiger partial charge in [0.1, 0.15) is 5.82 Å². The van der Waals surface area contributed by atoms with Crippen molar-refractivity contribution in [2.75, 3.05) is 0 Å². The average molecular weight is 304 g/mol. The van der Waals surface area contributed by atoms with E-state index in [1.54, 1.807) is 13.8 Å². The summed E-state index contributed by atoms with van der Waals surface area (Å²) in [4.78, 5) is 17.8. The van der Waals surface area contributed by atoms with E-state index >= 15 is 0 Å². The SMILES string of the molecule is Cc1cc(-n2nc(C(F)F)c([N+](=O)[O-])c2Cl)nc(C)n1. The van der Waals surface area contributed by atoms with E-state index in [0.29, 0.717) is 11.5 Å². The molecule has 0 saturated heterocycles. The minimum absolute atomic E-state index is 0.0926. The second-order valence-corrected chi connectivity index (χ2v) is 4.27. The van der Waals surface area contributed by atoms with Gasteiger partial charge >= 0.3 is 5.69 Å². The van der Waals surface area contributed by atoms with Crippen LogP contribution in [0.5, 0.6) is 0 Å². The molecule has 0 aliphatic heterocycles. The highest BCUT2D eigenvalue weighted by molar-refractivity contribution is 6.32. The van der Waals surface area contributed by atoms with Crippen molar-refractivity contribution in [3.8, 4) is 5.82 Å². The summed E-state index contributed by atoms with van der Waals surface area (Å²) in [5, 5.41) is 13.8. The highest BCUT2D eigenvalue weighted by atomic mass is 35.5. The highest BCUT2D eigenvalue weighted by Gasteiger charge is 2.33. The predicted octanol–water partition coefficient (Wildman–Crippen LogP) is 2.78. The number of aromatic nitrogens is 4. The first kappa shape index (κ1) is 14.3. The molecule has 2 heterocycles. The molecule has 0 atom stereocenters. The zero-order chi connectivity index (χ0) is 15.0. The summed E-state index contributed by atoms with van der Waals surface area (Å²) in [5.41, 5.74) is -1.36. The molecule has 7 nitrogen and oxygen atoms in total. The zero-order valence-corrected chi connectivity index (χ0v) is 11.1. The van der Waals surface area contributed by atoms with E-state index in [0.717, 1.165) is 4.68 Å². The van der Waals surface area contributed by atoms with Gasteiger partial charge in [0.15, 0.2) is 5.82 Å². The molecular formula is C10H8ClF2N5O2. The molecule has 0 unspecified atom stereocenters. The van der Waals surface area contributed by atoms with Crippen LogP contribution in [0.1, 0.15) is 23.6 Å². The monoisotopic (exact) mass is 303 g/mol. The van der Waals surface area contributed by atoms with Crippen LogP contribution in [0.2, 0.25) is 5.15 Å². The minimum Gasteiger partial charge on any atom is -0.258 e. The van der Waals surface area contributed by atoms with E-state index in [1.807, 2.05) is 0 Å². The predicted molar refractivity (Wildman–Crippen MR) is 65.2 cm³/mol. The van der Waals surface area contributed by atoms with Gasteiger partial charge in [0.05, 0.1) is 4.92 Å². The van der Waals surface area contributed by atoms with Crippen LogP contribution in [0.3, 0.4) is 0 Å². The Balaban J connectivity index is 2.69. The smallest absolute Gasteiger partial charge is 0.258 e. The quantitative estimate of drug-likeness (QED) is 0.642. The van der Waals surface area contributed by atoms with Gasteiger partial charge in [0.25, 0.3) is 6.43 Å². The van der Waals surface area contributed by atoms with Crippen LogP contribution in [-0.2, 0) is 0 Å². The lowest BCUT2D eigenvalue weighted by molar-refractivity contribution is -0.386. The van der Waals surface area contributed by atoms with E-state index in [-0.39, 0.29) is 5.82 Å². The van der Waals surface area contributed by atoms with Crippen molar-refractivity contribution < 1.29 is 13.7 Å². The third-order valence-electron chi connectivity index (χ3n) is 2.39. The highest BCUT2D eigenvalue weighted by Crippen LogP contribution is 2.35. The Hall–Kier alpha value is -2.16. The molecule has 2 aromatic rings. The number of hydrogen-bond donors (Lipinski definition) is 0. The fourth-order valence-corrected chi connectivity index (χ4v) is 1.97. The summed E-state index contributed by atoms with van der Waals surface area (Å²) in [5.74, 6) is 0.461. The Morgan fingerprint density at radius 2 is 2.05 bits per heavy atom. The molecule has 10 heteroatoms. The molecule has 20 heavy (non-hydrogen) atoms. The molecule has 0 spiro atoms. The van der Waals surface area contributed by atoms with Gasteiger partial charge in [-0.15, -0.1) is 0 Å². The second-order valence-electron chi connectivity index (χ2n) is 3.91. The fraction of sp³-hybridized carbons (Fsp3) is 0.300. The van der Waals surface area contributed by atoms with E-state index in [1.165, 1.54) is 6.07 Å². The molecular weight excluding hydrogens is 296 g/mol. The fourth-order valence-electron chi connectivity index (χ4n) is 1.68. The maximum atomic E-state index is 12.8. The third kappa shape index (κ3) is 2.44. The van der Waals surface area contributed by atoms with E-state index in [9.17, 15) is 18.9 Å². The molecule has 0 radical (unpaired) electrons. The van der Waals surface area contributed by atoms with Crippen LogP contribution >= 0.6 is 11.6 Å². The summed E-state index contributed by atoms with van der Waals surface area (Å²) >= 11 is 5.77. The Bertz CT molecular complexity index is 668. The number of nitrogens with zero attached hydrogens (tertiary/aromatic N) is 5. The summed E-state index contributed by atoms with van der Waals surface area (Å²) in [6, 6.07) is 1.44. The number of hydrogen-bond acceptors (Lipinski definition) is 5. The summed E-state index contributed by atoms with van der Waals surface area (Å²) in [6.45, 7) is 3.26. The van der Waals surface area contributed by atoms with E-state index < -0.39 is 27.9 Å². The van der Waals surface area contributed by atoms with Crippen LogP contribution in [0.25, 0.3) is 5.82 Å². The van der Waals surface area contributed by atoms with Crippen molar-refractivity contribution in [2.24, 2.45) is 0 Å².